The Morgan fingerprint density at radius 3 is 2.56 bits per heavy atom. The fraction of sp³-hybridized carbons (Fsp3) is 0.400. The van der Waals surface area contributed by atoms with Crippen molar-refractivity contribution in [3.63, 3.8) is 0 Å². The molecular weight excluding hydrogens is 443 g/mol. The predicted molar refractivity (Wildman–Crippen MR) is 119 cm³/mol. The molecule has 2 aromatic heterocycles. The van der Waals surface area contributed by atoms with Gasteiger partial charge in [-0.3, -0.25) is 14.8 Å². The molecule has 3 unspecified atom stereocenters. The van der Waals surface area contributed by atoms with Gasteiger partial charge in [0.15, 0.2) is 5.82 Å². The first kappa shape index (κ1) is 22.4. The molecule has 9 heteroatoms. The highest BCUT2D eigenvalue weighted by atomic mass is 19.3. The molecule has 6 nitrogen and oxygen atoms in total. The lowest BCUT2D eigenvalue weighted by Gasteiger charge is -2.26. The minimum atomic E-state index is -3.04. The molecule has 0 radical (unpaired) electrons. The van der Waals surface area contributed by atoms with Crippen molar-refractivity contribution in [2.75, 3.05) is 0 Å². The average Bonchev–Trinajstić information content (AvgIpc) is 3.38. The molecule has 3 atom stereocenters. The Hall–Kier alpha value is -3.36. The van der Waals surface area contributed by atoms with Crippen molar-refractivity contribution in [1.82, 2.24) is 24.8 Å². The average molecular weight is 467 g/mol. The number of aryl methyl sites for hydroxylation is 1. The third-order valence-corrected chi connectivity index (χ3v) is 6.89. The van der Waals surface area contributed by atoms with Crippen LogP contribution in [0.15, 0.2) is 43.0 Å². The van der Waals surface area contributed by atoms with Gasteiger partial charge in [0.25, 0.3) is 11.8 Å². The lowest BCUT2D eigenvalue weighted by molar-refractivity contribution is 0.0123. The number of fused-ring (bicyclic) bond motifs is 2. The summed E-state index contributed by atoms with van der Waals surface area (Å²) >= 11 is 0. The van der Waals surface area contributed by atoms with Crippen molar-refractivity contribution in [1.29, 1.82) is 0 Å². The topological polar surface area (TPSA) is 71.9 Å². The van der Waals surface area contributed by atoms with Crippen LogP contribution in [0.4, 0.5) is 13.2 Å². The molecule has 0 spiro atoms. The number of rotatable bonds is 5. The monoisotopic (exact) mass is 467 g/mol. The van der Waals surface area contributed by atoms with Crippen molar-refractivity contribution >= 4 is 5.91 Å². The molecule has 2 bridgehead atoms. The lowest BCUT2D eigenvalue weighted by atomic mass is 9.86. The second kappa shape index (κ2) is 8.45. The first-order valence-electron chi connectivity index (χ1n) is 11.3. The summed E-state index contributed by atoms with van der Waals surface area (Å²) in [5, 5.41) is 0. The fourth-order valence-electron chi connectivity index (χ4n) is 5.34. The number of halogens is 3. The third-order valence-electron chi connectivity index (χ3n) is 6.89. The summed E-state index contributed by atoms with van der Waals surface area (Å²) in [6.45, 7) is 2.58. The minimum absolute atomic E-state index is 0.0289. The van der Waals surface area contributed by atoms with Crippen LogP contribution in [0.3, 0.4) is 0 Å². The largest absolute Gasteiger partial charge is 0.332 e. The maximum atomic E-state index is 14.9. The van der Waals surface area contributed by atoms with Gasteiger partial charge < -0.3 is 4.90 Å². The highest BCUT2D eigenvalue weighted by Gasteiger charge is 2.49. The van der Waals surface area contributed by atoms with E-state index < -0.39 is 11.7 Å². The number of benzene rings is 1. The lowest BCUT2D eigenvalue weighted by Crippen LogP contribution is -2.37. The third kappa shape index (κ3) is 3.93. The highest BCUT2D eigenvalue weighted by molar-refractivity contribution is 6.02. The summed E-state index contributed by atoms with van der Waals surface area (Å²) < 4.78 is 41.8. The molecule has 1 amide bonds. The van der Waals surface area contributed by atoms with Crippen LogP contribution in [0, 0.1) is 18.7 Å². The highest BCUT2D eigenvalue weighted by Crippen LogP contribution is 2.44. The zero-order chi connectivity index (χ0) is 24.0. The second-order valence-electron chi connectivity index (χ2n) is 9.18. The van der Waals surface area contributed by atoms with Crippen LogP contribution in [0.2, 0.25) is 0 Å². The van der Waals surface area contributed by atoms with Crippen LogP contribution in [0.5, 0.6) is 0 Å². The summed E-state index contributed by atoms with van der Waals surface area (Å²) in [4.78, 5) is 32.1. The van der Waals surface area contributed by atoms with Crippen molar-refractivity contribution < 1.29 is 18.0 Å². The number of amides is 1. The summed E-state index contributed by atoms with van der Waals surface area (Å²) in [5.41, 5.74) is 1.34. The quantitative estimate of drug-likeness (QED) is 0.543. The van der Waals surface area contributed by atoms with Gasteiger partial charge in [-0.15, -0.1) is 0 Å². The molecule has 1 aromatic carbocycles. The SMILES string of the molecule is Cc1ccc(F)c(-c2ncccn2)c1C(=O)N1C2CCC1C(Cc1cnc(C(C)(F)F)cn1)C2. The van der Waals surface area contributed by atoms with Crippen LogP contribution in [-0.2, 0) is 12.3 Å². The van der Waals surface area contributed by atoms with Gasteiger partial charge in [-0.1, -0.05) is 6.07 Å². The molecule has 0 saturated carbocycles. The summed E-state index contributed by atoms with van der Waals surface area (Å²) in [7, 11) is 0. The van der Waals surface area contributed by atoms with Crippen LogP contribution in [0.1, 0.15) is 53.5 Å². The second-order valence-corrected chi connectivity index (χ2v) is 9.18. The van der Waals surface area contributed by atoms with E-state index in [0.29, 0.717) is 17.7 Å². The Morgan fingerprint density at radius 1 is 1.12 bits per heavy atom. The zero-order valence-electron chi connectivity index (χ0n) is 18.9. The molecule has 0 aliphatic carbocycles. The number of carbonyl (C=O) groups is 1. The van der Waals surface area contributed by atoms with E-state index in [1.54, 1.807) is 19.1 Å². The molecule has 0 N–H and O–H groups in total. The zero-order valence-corrected chi connectivity index (χ0v) is 18.9. The van der Waals surface area contributed by atoms with E-state index in [9.17, 15) is 18.0 Å². The molecule has 4 heterocycles. The van der Waals surface area contributed by atoms with E-state index >= 15 is 0 Å². The van der Waals surface area contributed by atoms with Crippen LogP contribution in [-0.4, -0.2) is 42.8 Å². The maximum absolute atomic E-state index is 14.9. The Labute approximate surface area is 195 Å². The molecule has 5 rings (SSSR count). The molecule has 3 aromatic rings. The Kier molecular flexibility index (Phi) is 5.58. The number of hydrogen-bond acceptors (Lipinski definition) is 5. The summed E-state index contributed by atoms with van der Waals surface area (Å²) in [6.07, 6.45) is 8.61. The van der Waals surface area contributed by atoms with E-state index in [4.69, 9.17) is 0 Å². The van der Waals surface area contributed by atoms with Gasteiger partial charge in [0.05, 0.1) is 23.0 Å². The summed E-state index contributed by atoms with van der Waals surface area (Å²) in [6, 6.07) is 4.59. The van der Waals surface area contributed by atoms with Gasteiger partial charge >= 0.3 is 0 Å². The van der Waals surface area contributed by atoms with E-state index in [2.05, 4.69) is 19.9 Å². The first-order chi connectivity index (χ1) is 16.2. The van der Waals surface area contributed by atoms with Gasteiger partial charge in [-0.2, -0.15) is 8.78 Å². The number of hydrogen-bond donors (Lipinski definition) is 0. The normalized spacial score (nSPS) is 21.8. The molecule has 2 fully saturated rings. The Morgan fingerprint density at radius 2 is 1.88 bits per heavy atom. The van der Waals surface area contributed by atoms with Crippen molar-refractivity contribution in [3.8, 4) is 11.4 Å². The van der Waals surface area contributed by atoms with Crippen molar-refractivity contribution in [3.05, 3.63) is 71.3 Å². The molecule has 2 aliphatic rings. The van der Waals surface area contributed by atoms with E-state index in [-0.39, 0.29) is 46.6 Å². The van der Waals surface area contributed by atoms with Gasteiger partial charge in [-0.05, 0) is 56.2 Å². The number of carbonyl (C=O) groups excluding carboxylic acids is 1. The molecular formula is C25H24F3N5O. The van der Waals surface area contributed by atoms with Crippen LogP contribution >= 0.6 is 0 Å². The van der Waals surface area contributed by atoms with Crippen molar-refractivity contribution in [2.45, 2.75) is 57.5 Å². The van der Waals surface area contributed by atoms with Crippen LogP contribution in [0.25, 0.3) is 11.4 Å². The maximum Gasteiger partial charge on any atom is 0.288 e. The van der Waals surface area contributed by atoms with Gasteiger partial charge in [0, 0.05) is 37.6 Å². The van der Waals surface area contributed by atoms with E-state index in [1.165, 1.54) is 24.7 Å². The Balaban J connectivity index is 1.42. The molecule has 2 saturated heterocycles. The fourth-order valence-corrected chi connectivity index (χ4v) is 5.34. The van der Waals surface area contributed by atoms with Crippen LogP contribution < -0.4 is 0 Å². The van der Waals surface area contributed by atoms with Gasteiger partial charge in [-0.25, -0.2) is 14.4 Å². The standard InChI is InChI=1S/C25H24F3N5O/c1-14-4-6-18(26)22(23-29-8-3-9-30-23)21(14)24(34)33-17-5-7-19(33)15(11-17)10-16-12-32-20(13-31-16)25(2,27)28/h3-4,6,8-9,12-13,15,17,19H,5,7,10-11H2,1-2H3. The predicted octanol–water partition coefficient (Wildman–Crippen LogP) is 4.73. The molecule has 2 aliphatic heterocycles. The van der Waals surface area contributed by atoms with Gasteiger partial charge in [0.2, 0.25) is 0 Å². The number of aromatic nitrogens is 4. The van der Waals surface area contributed by atoms with Crippen molar-refractivity contribution in [2.24, 2.45) is 5.92 Å². The summed E-state index contributed by atoms with van der Waals surface area (Å²) in [5.74, 6) is -3.48. The number of alkyl halides is 2. The van der Waals surface area contributed by atoms with Gasteiger partial charge in [0.1, 0.15) is 11.5 Å². The smallest absolute Gasteiger partial charge is 0.288 e. The first-order valence-corrected chi connectivity index (χ1v) is 11.3. The Bertz CT molecular complexity index is 1210. The molecule has 34 heavy (non-hydrogen) atoms. The van der Waals surface area contributed by atoms with E-state index in [1.807, 2.05) is 4.90 Å². The molecule has 176 valence electrons. The minimum Gasteiger partial charge on any atom is -0.332 e. The van der Waals surface area contributed by atoms with E-state index in [0.717, 1.165) is 32.4 Å². The number of nitrogens with zero attached hydrogens (tertiary/aromatic N) is 5.